The summed E-state index contributed by atoms with van der Waals surface area (Å²) in [5.41, 5.74) is 7.87. The summed E-state index contributed by atoms with van der Waals surface area (Å²) in [7, 11) is 0. The highest BCUT2D eigenvalue weighted by atomic mass is 79.9. The second kappa shape index (κ2) is 7.87. The van der Waals surface area contributed by atoms with Crippen LogP contribution in [0.15, 0.2) is 64.2 Å². The molecule has 3 N–H and O–H groups in total. The summed E-state index contributed by atoms with van der Waals surface area (Å²) in [4.78, 5) is 0. The van der Waals surface area contributed by atoms with Crippen molar-refractivity contribution in [3.63, 3.8) is 0 Å². The van der Waals surface area contributed by atoms with Gasteiger partial charge in [0, 0.05) is 16.6 Å². The predicted octanol–water partition coefficient (Wildman–Crippen LogP) is 2.81. The zero-order valence-corrected chi connectivity index (χ0v) is 15.9. The van der Waals surface area contributed by atoms with E-state index in [2.05, 4.69) is 49.8 Å². The van der Waals surface area contributed by atoms with E-state index in [1.807, 2.05) is 54.6 Å². The highest BCUT2D eigenvalue weighted by Gasteiger charge is 2.26. The quantitative estimate of drug-likeness (QED) is 0.451. The SMILES string of the molecule is S=C(NCc1ccccc1)NN1C(c2ccc(Br)cc2)=NNC1S. The molecule has 0 bridgehead atoms. The standard InChI is InChI=1S/C16H16BrN5S2/c17-13-8-6-12(7-9-13)14-19-20-16(24)22(14)21-15(23)18-10-11-4-2-1-3-5-11/h1-9,16,20,24H,10H2,(H2,18,21,23). The summed E-state index contributed by atoms with van der Waals surface area (Å²) in [5.74, 6) is 0.728. The molecule has 1 atom stereocenters. The van der Waals surface area contributed by atoms with Crippen molar-refractivity contribution >= 4 is 51.7 Å². The molecule has 1 aliphatic heterocycles. The van der Waals surface area contributed by atoms with Crippen molar-refractivity contribution in [3.8, 4) is 0 Å². The molecule has 2 aromatic rings. The molecule has 8 heteroatoms. The largest absolute Gasteiger partial charge is 0.357 e. The topological polar surface area (TPSA) is 51.7 Å². The molecule has 2 aromatic carbocycles. The van der Waals surface area contributed by atoms with Crippen molar-refractivity contribution in [1.82, 2.24) is 21.2 Å². The van der Waals surface area contributed by atoms with E-state index in [-0.39, 0.29) is 5.50 Å². The number of rotatable bonds is 4. The monoisotopic (exact) mass is 421 g/mol. The van der Waals surface area contributed by atoms with E-state index in [4.69, 9.17) is 12.2 Å². The van der Waals surface area contributed by atoms with Crippen molar-refractivity contribution in [1.29, 1.82) is 0 Å². The van der Waals surface area contributed by atoms with E-state index in [1.54, 1.807) is 5.01 Å². The van der Waals surface area contributed by atoms with E-state index in [0.29, 0.717) is 11.7 Å². The fraction of sp³-hybridized carbons (Fsp3) is 0.125. The molecule has 0 radical (unpaired) electrons. The van der Waals surface area contributed by atoms with Crippen LogP contribution >= 0.6 is 40.8 Å². The first kappa shape index (κ1) is 17.1. The Morgan fingerprint density at radius 2 is 1.92 bits per heavy atom. The van der Waals surface area contributed by atoms with E-state index in [1.165, 1.54) is 0 Å². The number of nitrogens with one attached hydrogen (secondary N) is 3. The van der Waals surface area contributed by atoms with Gasteiger partial charge in [-0.15, -0.1) is 12.6 Å². The first-order valence-electron chi connectivity index (χ1n) is 7.28. The lowest BCUT2D eigenvalue weighted by atomic mass is 10.2. The molecule has 5 nitrogen and oxygen atoms in total. The summed E-state index contributed by atoms with van der Waals surface area (Å²) >= 11 is 13.3. The molecule has 0 amide bonds. The summed E-state index contributed by atoms with van der Waals surface area (Å²) in [6.45, 7) is 0.649. The van der Waals surface area contributed by atoms with Gasteiger partial charge in [0.2, 0.25) is 0 Å². The smallest absolute Gasteiger partial charge is 0.185 e. The van der Waals surface area contributed by atoms with E-state index >= 15 is 0 Å². The summed E-state index contributed by atoms with van der Waals surface area (Å²) in [6, 6.07) is 18.0. The number of hydrogen-bond acceptors (Lipinski definition) is 5. The lowest BCUT2D eigenvalue weighted by molar-refractivity contribution is 0.353. The van der Waals surface area contributed by atoms with Crippen LogP contribution in [0.25, 0.3) is 0 Å². The minimum Gasteiger partial charge on any atom is -0.357 e. The summed E-state index contributed by atoms with van der Waals surface area (Å²) in [6.07, 6.45) is 0. The Balaban J connectivity index is 1.63. The number of thiocarbonyl (C=S) groups is 1. The molecular formula is C16H16BrN5S2. The minimum absolute atomic E-state index is 0.305. The van der Waals surface area contributed by atoms with Gasteiger partial charge in [-0.1, -0.05) is 58.4 Å². The minimum atomic E-state index is -0.305. The Morgan fingerprint density at radius 3 is 2.62 bits per heavy atom. The van der Waals surface area contributed by atoms with Gasteiger partial charge in [-0.2, -0.15) is 5.10 Å². The van der Waals surface area contributed by atoms with Crippen LogP contribution in [-0.4, -0.2) is 21.5 Å². The van der Waals surface area contributed by atoms with Crippen molar-refractivity contribution in [2.75, 3.05) is 0 Å². The first-order valence-corrected chi connectivity index (χ1v) is 9.00. The molecular weight excluding hydrogens is 406 g/mol. The molecule has 1 heterocycles. The number of amidine groups is 1. The third-order valence-corrected chi connectivity index (χ3v) is 4.49. The third-order valence-electron chi connectivity index (χ3n) is 3.38. The first-order chi connectivity index (χ1) is 11.6. The summed E-state index contributed by atoms with van der Waals surface area (Å²) in [5, 5.41) is 9.79. The van der Waals surface area contributed by atoms with E-state index < -0.39 is 0 Å². The maximum atomic E-state index is 5.38. The van der Waals surface area contributed by atoms with Gasteiger partial charge in [0.25, 0.3) is 0 Å². The molecule has 0 saturated carbocycles. The van der Waals surface area contributed by atoms with Crippen LogP contribution in [0.2, 0.25) is 0 Å². The van der Waals surface area contributed by atoms with Crippen molar-refractivity contribution in [2.24, 2.45) is 5.10 Å². The fourth-order valence-electron chi connectivity index (χ4n) is 2.19. The maximum Gasteiger partial charge on any atom is 0.185 e. The number of hydrazine groups is 1. The zero-order chi connectivity index (χ0) is 16.9. The number of thiol groups is 1. The van der Waals surface area contributed by atoms with E-state index in [0.717, 1.165) is 21.4 Å². The normalized spacial score (nSPS) is 16.3. The number of hydrazone groups is 1. The van der Waals surface area contributed by atoms with Crippen LogP contribution < -0.4 is 16.2 Å². The van der Waals surface area contributed by atoms with Gasteiger partial charge < -0.3 is 5.32 Å². The van der Waals surface area contributed by atoms with Crippen LogP contribution in [0, 0.1) is 0 Å². The lowest BCUT2D eigenvalue weighted by Crippen LogP contribution is -2.52. The van der Waals surface area contributed by atoms with Gasteiger partial charge in [0.15, 0.2) is 16.4 Å². The van der Waals surface area contributed by atoms with Gasteiger partial charge >= 0.3 is 0 Å². The van der Waals surface area contributed by atoms with Gasteiger partial charge in [-0.25, -0.2) is 5.01 Å². The Kier molecular flexibility index (Phi) is 5.60. The molecule has 0 aromatic heterocycles. The van der Waals surface area contributed by atoms with E-state index in [9.17, 15) is 0 Å². The Labute approximate surface area is 160 Å². The van der Waals surface area contributed by atoms with Gasteiger partial charge in [0.05, 0.1) is 0 Å². The highest BCUT2D eigenvalue weighted by Crippen LogP contribution is 2.16. The predicted molar refractivity (Wildman–Crippen MR) is 107 cm³/mol. The van der Waals surface area contributed by atoms with Gasteiger partial charge in [0.1, 0.15) is 0 Å². The number of nitrogens with zero attached hydrogens (tertiary/aromatic N) is 2. The van der Waals surface area contributed by atoms with Crippen molar-refractivity contribution < 1.29 is 0 Å². The van der Waals surface area contributed by atoms with Gasteiger partial charge in [-0.05, 0) is 29.9 Å². The number of benzene rings is 2. The second-order valence-corrected chi connectivity index (χ2v) is 6.91. The highest BCUT2D eigenvalue weighted by molar-refractivity contribution is 9.10. The molecule has 124 valence electrons. The van der Waals surface area contributed by atoms with Gasteiger partial charge in [-0.3, -0.25) is 10.9 Å². The van der Waals surface area contributed by atoms with Crippen LogP contribution in [0.5, 0.6) is 0 Å². The lowest BCUT2D eigenvalue weighted by Gasteiger charge is -2.26. The average Bonchev–Trinajstić information content (AvgIpc) is 2.95. The van der Waals surface area contributed by atoms with Crippen molar-refractivity contribution in [3.05, 3.63) is 70.2 Å². The van der Waals surface area contributed by atoms with Crippen LogP contribution in [0.3, 0.4) is 0 Å². The Hall–Kier alpha value is -1.77. The molecule has 0 aliphatic carbocycles. The molecule has 0 saturated heterocycles. The second-order valence-electron chi connectivity index (χ2n) is 5.10. The molecule has 1 aliphatic rings. The molecule has 3 rings (SSSR count). The molecule has 1 unspecified atom stereocenters. The Bertz CT molecular complexity index is 736. The fourth-order valence-corrected chi connectivity index (χ4v) is 2.85. The Morgan fingerprint density at radius 1 is 1.21 bits per heavy atom. The number of halogens is 1. The zero-order valence-electron chi connectivity index (χ0n) is 12.6. The summed E-state index contributed by atoms with van der Waals surface area (Å²) < 4.78 is 1.01. The third kappa shape index (κ3) is 4.19. The molecule has 0 fully saturated rings. The number of hydrogen-bond donors (Lipinski definition) is 4. The van der Waals surface area contributed by atoms with Crippen LogP contribution in [0.1, 0.15) is 11.1 Å². The molecule has 24 heavy (non-hydrogen) atoms. The van der Waals surface area contributed by atoms with Crippen LogP contribution in [0.4, 0.5) is 0 Å². The molecule has 0 spiro atoms. The van der Waals surface area contributed by atoms with Crippen LogP contribution in [-0.2, 0) is 6.54 Å². The maximum absolute atomic E-state index is 5.38. The van der Waals surface area contributed by atoms with Crippen molar-refractivity contribution in [2.45, 2.75) is 12.0 Å². The average molecular weight is 422 g/mol.